The van der Waals surface area contributed by atoms with E-state index in [2.05, 4.69) is 95.7 Å². The molecule has 0 unspecified atom stereocenters. The molecule has 8 heteroatoms. The average molecular weight is 458 g/mol. The van der Waals surface area contributed by atoms with Gasteiger partial charge in [-0.15, -0.1) is 10.2 Å². The van der Waals surface area contributed by atoms with Crippen LogP contribution >= 0.6 is 15.9 Å². The lowest BCUT2D eigenvalue weighted by molar-refractivity contribution is -2.00. The average Bonchev–Trinajstić information content (AvgIpc) is 2.54. The monoisotopic (exact) mass is 456 g/mol. The third-order valence-corrected chi connectivity index (χ3v) is 3.90. The second kappa shape index (κ2) is 10.6. The van der Waals surface area contributed by atoms with Crippen LogP contribution in [0.5, 0.6) is 0 Å². The minimum absolute atomic E-state index is 1.10. The zero-order chi connectivity index (χ0) is 20.6. The molecule has 0 heterocycles. The molecule has 0 saturated carbocycles. The largest absolute Gasteiger partial charge is 0.377 e. The van der Waals surface area contributed by atoms with Gasteiger partial charge >= 0.3 is 0 Å². The fourth-order valence-corrected chi connectivity index (χ4v) is 2.46. The fourth-order valence-electron chi connectivity index (χ4n) is 2.20. The Kier molecular flexibility index (Phi) is 9.11. The second-order valence-corrected chi connectivity index (χ2v) is 7.69. The predicted molar refractivity (Wildman–Crippen MR) is 99.4 cm³/mol. The van der Waals surface area contributed by atoms with Crippen molar-refractivity contribution >= 4 is 27.8 Å². The Hall–Kier alpha value is -1.74. The highest BCUT2D eigenvalue weighted by Crippen LogP contribution is 2.24. The molecular formula is C19H22BrClN2O4. The molecule has 6 nitrogen and oxygen atoms in total. The van der Waals surface area contributed by atoms with Crippen molar-refractivity contribution in [3.63, 3.8) is 0 Å². The van der Waals surface area contributed by atoms with Crippen molar-refractivity contribution in [2.75, 3.05) is 28.2 Å². The number of allylic oxidation sites excluding steroid dienone is 1. The lowest BCUT2D eigenvalue weighted by atomic mass is 10.0. The van der Waals surface area contributed by atoms with Crippen molar-refractivity contribution in [1.82, 2.24) is 4.90 Å². The Labute approximate surface area is 170 Å². The van der Waals surface area contributed by atoms with E-state index in [1.807, 2.05) is 18.7 Å². The first kappa shape index (κ1) is 23.3. The summed E-state index contributed by atoms with van der Waals surface area (Å²) in [6.07, 6.45) is 4.20. The van der Waals surface area contributed by atoms with Crippen LogP contribution < -0.4 is 18.6 Å². The number of halogens is 2. The molecule has 0 atom stereocenters. The van der Waals surface area contributed by atoms with Gasteiger partial charge in [0, 0.05) is 30.3 Å². The minimum atomic E-state index is -4.94. The SMILES string of the molecule is CN(C)/C(=C\C=[N+](C)C)c1ccc(-c2ccc(Br)cc2)cc1.[O-][Cl+3]([O-])([O-])[O-]. The molecule has 0 radical (unpaired) electrons. The van der Waals surface area contributed by atoms with Gasteiger partial charge in [0.05, 0.1) is 0 Å². The number of rotatable bonds is 4. The third kappa shape index (κ3) is 9.67. The molecule has 0 aliphatic carbocycles. The van der Waals surface area contributed by atoms with E-state index in [1.54, 1.807) is 0 Å². The molecular weight excluding hydrogens is 436 g/mol. The first-order valence-corrected chi connectivity index (χ1v) is 9.87. The highest BCUT2D eigenvalue weighted by Gasteiger charge is 2.05. The maximum atomic E-state index is 8.49. The van der Waals surface area contributed by atoms with Crippen molar-refractivity contribution in [2.24, 2.45) is 0 Å². The summed E-state index contributed by atoms with van der Waals surface area (Å²) in [6.45, 7) is 0. The van der Waals surface area contributed by atoms with E-state index < -0.39 is 10.2 Å². The Bertz CT molecular complexity index is 773. The second-order valence-electron chi connectivity index (χ2n) is 6.02. The molecule has 0 aromatic heterocycles. The molecule has 2 aromatic rings. The summed E-state index contributed by atoms with van der Waals surface area (Å²) in [5, 5.41) is 0. The van der Waals surface area contributed by atoms with Crippen LogP contribution in [-0.2, 0) is 0 Å². The Morgan fingerprint density at radius 2 is 1.30 bits per heavy atom. The topological polar surface area (TPSA) is 98.5 Å². The van der Waals surface area contributed by atoms with Crippen molar-refractivity contribution in [3.05, 3.63) is 64.6 Å². The van der Waals surface area contributed by atoms with Crippen LogP contribution in [0.1, 0.15) is 5.56 Å². The molecule has 2 rings (SSSR count). The van der Waals surface area contributed by atoms with Gasteiger partial charge in [-0.2, -0.15) is 0 Å². The molecule has 0 bridgehead atoms. The van der Waals surface area contributed by atoms with Crippen molar-refractivity contribution in [2.45, 2.75) is 0 Å². The quantitative estimate of drug-likeness (QED) is 0.460. The van der Waals surface area contributed by atoms with Gasteiger partial charge in [-0.05, 0) is 28.8 Å². The van der Waals surface area contributed by atoms with Gasteiger partial charge < -0.3 is 4.90 Å². The van der Waals surface area contributed by atoms with Crippen LogP contribution in [0.3, 0.4) is 0 Å². The van der Waals surface area contributed by atoms with E-state index in [1.165, 1.54) is 22.4 Å². The van der Waals surface area contributed by atoms with Crippen molar-refractivity contribution in [3.8, 4) is 11.1 Å². The van der Waals surface area contributed by atoms with Gasteiger partial charge in [0.25, 0.3) is 0 Å². The summed E-state index contributed by atoms with van der Waals surface area (Å²) < 4.78 is 37.1. The first-order chi connectivity index (χ1) is 12.5. The smallest absolute Gasteiger partial charge is 0.164 e. The highest BCUT2D eigenvalue weighted by molar-refractivity contribution is 9.10. The lowest BCUT2D eigenvalue weighted by Gasteiger charge is -2.17. The molecule has 0 aliphatic heterocycles. The van der Waals surface area contributed by atoms with Crippen molar-refractivity contribution in [1.29, 1.82) is 0 Å². The van der Waals surface area contributed by atoms with Gasteiger partial charge in [-0.25, -0.2) is 23.2 Å². The highest BCUT2D eigenvalue weighted by atomic mass is 79.9. The lowest BCUT2D eigenvalue weighted by Crippen LogP contribution is -2.68. The summed E-state index contributed by atoms with van der Waals surface area (Å²) in [5.41, 5.74) is 4.86. The summed E-state index contributed by atoms with van der Waals surface area (Å²) in [5.74, 6) is 0. The number of benzene rings is 2. The predicted octanol–water partition coefficient (Wildman–Crippen LogP) is -0.394. The van der Waals surface area contributed by atoms with E-state index in [0.29, 0.717) is 0 Å². The molecule has 0 N–H and O–H groups in total. The number of hydrogen-bond donors (Lipinski definition) is 0. The standard InChI is InChI=1S/C19H22BrN2.ClHO4/c1-21(2)14-13-19(22(3)4)17-7-5-15(6-8-17)16-9-11-18(20)12-10-16;2-1(3,4)5/h5-14H,1-4H3;(H,2,3,4,5)/q+1;/p-1. The molecule has 0 aliphatic rings. The summed E-state index contributed by atoms with van der Waals surface area (Å²) >= 11 is 3.47. The van der Waals surface area contributed by atoms with Gasteiger partial charge in [0.1, 0.15) is 14.1 Å². The minimum Gasteiger partial charge on any atom is -0.377 e. The van der Waals surface area contributed by atoms with Gasteiger partial charge in [0.15, 0.2) is 6.21 Å². The summed E-state index contributed by atoms with van der Waals surface area (Å²) in [7, 11) is 3.25. The van der Waals surface area contributed by atoms with E-state index in [9.17, 15) is 0 Å². The maximum absolute atomic E-state index is 8.49. The fraction of sp³-hybridized carbons (Fsp3) is 0.211. The molecule has 0 amide bonds. The molecule has 0 fully saturated rings. The van der Waals surface area contributed by atoms with Crippen LogP contribution in [0.15, 0.2) is 59.1 Å². The Balaban J connectivity index is 0.000000646. The van der Waals surface area contributed by atoms with E-state index in [0.717, 1.165) is 4.47 Å². The molecule has 0 spiro atoms. The molecule has 0 saturated heterocycles. The molecule has 2 aromatic carbocycles. The van der Waals surface area contributed by atoms with Crippen LogP contribution in [-0.4, -0.2) is 43.9 Å². The Morgan fingerprint density at radius 1 is 0.889 bits per heavy atom. The van der Waals surface area contributed by atoms with Crippen LogP contribution in [0.25, 0.3) is 16.8 Å². The molecule has 146 valence electrons. The van der Waals surface area contributed by atoms with Crippen molar-refractivity contribution < 1.29 is 33.5 Å². The number of hydrogen-bond acceptors (Lipinski definition) is 5. The zero-order valence-corrected chi connectivity index (χ0v) is 17.9. The normalized spacial score (nSPS) is 11.4. The molecule has 27 heavy (non-hydrogen) atoms. The summed E-state index contributed by atoms with van der Waals surface area (Å²) in [4.78, 5) is 2.13. The van der Waals surface area contributed by atoms with Crippen LogP contribution in [0.4, 0.5) is 0 Å². The first-order valence-electron chi connectivity index (χ1n) is 7.84. The third-order valence-electron chi connectivity index (χ3n) is 3.37. The van der Waals surface area contributed by atoms with Gasteiger partial charge in [-0.3, -0.25) is 0 Å². The van der Waals surface area contributed by atoms with Gasteiger partial charge in [0.2, 0.25) is 0 Å². The zero-order valence-electron chi connectivity index (χ0n) is 15.6. The van der Waals surface area contributed by atoms with Crippen LogP contribution in [0.2, 0.25) is 0 Å². The van der Waals surface area contributed by atoms with E-state index in [4.69, 9.17) is 18.6 Å². The van der Waals surface area contributed by atoms with E-state index >= 15 is 0 Å². The van der Waals surface area contributed by atoms with Crippen LogP contribution in [0, 0.1) is 10.2 Å². The van der Waals surface area contributed by atoms with E-state index in [-0.39, 0.29) is 0 Å². The summed E-state index contributed by atoms with van der Waals surface area (Å²) in [6, 6.07) is 17.1. The van der Waals surface area contributed by atoms with Gasteiger partial charge in [-0.1, -0.05) is 52.3 Å². The number of nitrogens with zero attached hydrogens (tertiary/aromatic N) is 2. The maximum Gasteiger partial charge on any atom is 0.164 e. The Morgan fingerprint density at radius 3 is 1.67 bits per heavy atom.